The number of alkyl halides is 3. The van der Waals surface area contributed by atoms with Crippen LogP contribution < -0.4 is 0 Å². The van der Waals surface area contributed by atoms with E-state index in [0.29, 0.717) is 22.6 Å². The second-order valence-corrected chi connectivity index (χ2v) is 4.47. The van der Waals surface area contributed by atoms with Gasteiger partial charge in [0.2, 0.25) is 5.82 Å². The lowest BCUT2D eigenvalue weighted by Crippen LogP contribution is -2.04. The summed E-state index contributed by atoms with van der Waals surface area (Å²) in [4.78, 5) is 8.87. The lowest BCUT2D eigenvalue weighted by atomic mass is 10.1. The molecule has 0 fully saturated rings. The van der Waals surface area contributed by atoms with Crippen LogP contribution in [0.3, 0.4) is 0 Å². The Labute approximate surface area is 121 Å². The van der Waals surface area contributed by atoms with Crippen LogP contribution in [0.1, 0.15) is 11.6 Å². The van der Waals surface area contributed by atoms with Crippen molar-refractivity contribution in [3.8, 4) is 22.8 Å². The fourth-order valence-corrected chi connectivity index (χ4v) is 1.90. The second-order valence-electron chi connectivity index (χ2n) is 4.47. The van der Waals surface area contributed by atoms with Gasteiger partial charge in [0.1, 0.15) is 5.69 Å². The molecule has 0 amide bonds. The van der Waals surface area contributed by atoms with Crippen LogP contribution in [0.5, 0.6) is 0 Å². The van der Waals surface area contributed by atoms with Crippen molar-refractivity contribution in [1.29, 1.82) is 0 Å². The van der Waals surface area contributed by atoms with Gasteiger partial charge in [-0.15, -0.1) is 0 Å². The topological polar surface area (TPSA) is 82.5 Å². The van der Waals surface area contributed by atoms with Gasteiger partial charge in [-0.3, -0.25) is 4.98 Å². The predicted octanol–water partition coefficient (Wildman–Crippen LogP) is 2.25. The highest BCUT2D eigenvalue weighted by Crippen LogP contribution is 2.30. The fourth-order valence-electron chi connectivity index (χ4n) is 1.90. The smallest absolute Gasteiger partial charge is 0.329 e. The molecule has 3 heterocycles. The molecule has 10 heteroatoms. The van der Waals surface area contributed by atoms with Crippen molar-refractivity contribution < 1.29 is 17.7 Å². The van der Waals surface area contributed by atoms with Crippen molar-refractivity contribution in [3.05, 3.63) is 29.9 Å². The van der Waals surface area contributed by atoms with E-state index in [1.165, 1.54) is 23.1 Å². The summed E-state index contributed by atoms with van der Waals surface area (Å²) in [5.74, 6) is -1.56. The summed E-state index contributed by atoms with van der Waals surface area (Å²) in [6.45, 7) is 1.76. The summed E-state index contributed by atoms with van der Waals surface area (Å²) >= 11 is 0. The molecule has 22 heavy (non-hydrogen) atoms. The van der Waals surface area contributed by atoms with Crippen molar-refractivity contribution in [2.45, 2.75) is 13.1 Å². The fraction of sp³-hybridized carbons (Fsp3) is 0.250. The number of rotatable bonds is 2. The molecule has 3 aromatic rings. The zero-order valence-electron chi connectivity index (χ0n) is 11.5. The molecule has 114 valence electrons. The first-order chi connectivity index (χ1) is 10.3. The van der Waals surface area contributed by atoms with Crippen molar-refractivity contribution in [2.75, 3.05) is 0 Å². The molecule has 0 aliphatic heterocycles. The van der Waals surface area contributed by atoms with Crippen molar-refractivity contribution >= 4 is 0 Å². The Hall–Kier alpha value is -2.78. The van der Waals surface area contributed by atoms with E-state index in [9.17, 15) is 13.2 Å². The molecule has 3 rings (SSSR count). The Morgan fingerprint density at radius 1 is 1.23 bits per heavy atom. The maximum Gasteiger partial charge on any atom is 0.471 e. The Morgan fingerprint density at radius 2 is 2.00 bits per heavy atom. The molecule has 7 nitrogen and oxygen atoms in total. The van der Waals surface area contributed by atoms with Gasteiger partial charge in [0, 0.05) is 18.8 Å². The maximum atomic E-state index is 12.5. The van der Waals surface area contributed by atoms with E-state index in [-0.39, 0.29) is 5.82 Å². The van der Waals surface area contributed by atoms with Gasteiger partial charge in [-0.25, -0.2) is 0 Å². The molecule has 0 aliphatic rings. The van der Waals surface area contributed by atoms with Crippen molar-refractivity contribution in [1.82, 2.24) is 30.1 Å². The Bertz CT molecular complexity index is 822. The normalized spacial score (nSPS) is 11.9. The summed E-state index contributed by atoms with van der Waals surface area (Å²) in [5.41, 5.74) is 1.98. The summed E-state index contributed by atoms with van der Waals surface area (Å²) in [6.07, 6.45) is -3.25. The minimum absolute atomic E-state index is 0.169. The van der Waals surface area contributed by atoms with Gasteiger partial charge in [0.15, 0.2) is 0 Å². The van der Waals surface area contributed by atoms with Gasteiger partial charge in [-0.1, -0.05) is 5.16 Å². The van der Waals surface area contributed by atoms with E-state index in [2.05, 4.69) is 29.8 Å². The maximum absolute atomic E-state index is 12.5. The first kappa shape index (κ1) is 14.2. The summed E-state index contributed by atoms with van der Waals surface area (Å²) in [7, 11) is 1.66. The number of halogens is 3. The van der Waals surface area contributed by atoms with Gasteiger partial charge >= 0.3 is 12.1 Å². The standard InChI is InChI=1S/C12H9F3N6O/c1-6-9(19-21(2)18-6)8-5-7(3-4-16-8)10-17-11(22-20-10)12(13,14)15/h3-5H,1-2H3. The molecule has 3 aromatic heterocycles. The molecule has 0 N–H and O–H groups in total. The zero-order chi connectivity index (χ0) is 15.9. The Kier molecular flexibility index (Phi) is 3.15. The SMILES string of the molecule is Cc1nn(C)nc1-c1cc(-c2noc(C(F)(F)F)n2)ccn1. The molecule has 0 aromatic carbocycles. The minimum atomic E-state index is -4.68. The van der Waals surface area contributed by atoms with E-state index in [1.807, 2.05) is 0 Å². The third kappa shape index (κ3) is 2.54. The molecule has 0 unspecified atom stereocenters. The monoisotopic (exact) mass is 310 g/mol. The molecular weight excluding hydrogens is 301 g/mol. The third-order valence-electron chi connectivity index (χ3n) is 2.81. The highest BCUT2D eigenvalue weighted by molar-refractivity contribution is 5.64. The minimum Gasteiger partial charge on any atom is -0.329 e. The van der Waals surface area contributed by atoms with E-state index >= 15 is 0 Å². The van der Waals surface area contributed by atoms with Crippen LogP contribution in [0.2, 0.25) is 0 Å². The lowest BCUT2D eigenvalue weighted by molar-refractivity contribution is -0.159. The van der Waals surface area contributed by atoms with Crippen LogP contribution in [-0.2, 0) is 13.2 Å². The largest absolute Gasteiger partial charge is 0.471 e. The van der Waals surface area contributed by atoms with Gasteiger partial charge in [0.25, 0.3) is 0 Å². The highest BCUT2D eigenvalue weighted by atomic mass is 19.4. The number of pyridine rings is 1. The molecule has 0 atom stereocenters. The van der Waals surface area contributed by atoms with Gasteiger partial charge in [0.05, 0.1) is 11.4 Å². The van der Waals surface area contributed by atoms with Crippen LogP contribution in [-0.4, -0.2) is 30.1 Å². The van der Waals surface area contributed by atoms with Gasteiger partial charge in [-0.05, 0) is 19.1 Å². The van der Waals surface area contributed by atoms with E-state index in [4.69, 9.17) is 0 Å². The van der Waals surface area contributed by atoms with E-state index in [0.717, 1.165) is 0 Å². The van der Waals surface area contributed by atoms with E-state index in [1.54, 1.807) is 14.0 Å². The summed E-state index contributed by atoms with van der Waals surface area (Å²) < 4.78 is 41.7. The first-order valence-electron chi connectivity index (χ1n) is 6.10. The van der Waals surface area contributed by atoms with Crippen LogP contribution in [0.4, 0.5) is 13.2 Å². The molecule has 0 aliphatic carbocycles. The average Bonchev–Trinajstić information content (AvgIpc) is 3.05. The number of hydrogen-bond acceptors (Lipinski definition) is 6. The summed E-state index contributed by atoms with van der Waals surface area (Å²) in [6, 6.07) is 3.02. The number of aromatic nitrogens is 6. The number of nitrogens with zero attached hydrogens (tertiary/aromatic N) is 6. The van der Waals surface area contributed by atoms with Crippen LogP contribution >= 0.6 is 0 Å². The van der Waals surface area contributed by atoms with Crippen molar-refractivity contribution in [3.63, 3.8) is 0 Å². The van der Waals surface area contributed by atoms with E-state index < -0.39 is 12.1 Å². The zero-order valence-corrected chi connectivity index (χ0v) is 11.5. The second kappa shape index (κ2) is 4.90. The third-order valence-corrected chi connectivity index (χ3v) is 2.81. The summed E-state index contributed by atoms with van der Waals surface area (Å²) in [5, 5.41) is 11.6. The van der Waals surface area contributed by atoms with Gasteiger partial charge < -0.3 is 4.52 Å². The Balaban J connectivity index is 2.01. The van der Waals surface area contributed by atoms with Crippen LogP contribution in [0.15, 0.2) is 22.9 Å². The molecule has 0 spiro atoms. The Morgan fingerprint density at radius 3 is 2.59 bits per heavy atom. The molecular formula is C12H9F3N6O. The quantitative estimate of drug-likeness (QED) is 0.722. The number of hydrogen-bond donors (Lipinski definition) is 0. The average molecular weight is 310 g/mol. The van der Waals surface area contributed by atoms with Gasteiger partial charge in [-0.2, -0.15) is 33.1 Å². The molecule has 0 radical (unpaired) electrons. The number of aryl methyl sites for hydroxylation is 2. The highest BCUT2D eigenvalue weighted by Gasteiger charge is 2.38. The predicted molar refractivity (Wildman–Crippen MR) is 67.3 cm³/mol. The van der Waals surface area contributed by atoms with Crippen LogP contribution in [0, 0.1) is 6.92 Å². The van der Waals surface area contributed by atoms with Crippen LogP contribution in [0.25, 0.3) is 22.8 Å². The molecule has 0 bridgehead atoms. The molecule has 0 saturated heterocycles. The molecule has 0 saturated carbocycles. The lowest BCUT2D eigenvalue weighted by Gasteiger charge is -1.99. The first-order valence-corrected chi connectivity index (χ1v) is 6.10. The van der Waals surface area contributed by atoms with Crippen molar-refractivity contribution in [2.24, 2.45) is 7.05 Å².